The number of hydrogen-bond donors (Lipinski definition) is 1. The highest BCUT2D eigenvalue weighted by atomic mass is 32.2. The van der Waals surface area contributed by atoms with E-state index in [1.807, 2.05) is 0 Å². The number of hydrogen-bond acceptors (Lipinski definition) is 7. The van der Waals surface area contributed by atoms with Crippen LogP contribution >= 0.6 is 11.8 Å². The first-order chi connectivity index (χ1) is 10.5. The minimum Gasteiger partial charge on any atom is -0.493 e. The first kappa shape index (κ1) is 16.2. The first-order valence-corrected chi connectivity index (χ1v) is 7.03. The van der Waals surface area contributed by atoms with Crippen LogP contribution in [0.15, 0.2) is 17.0 Å². The molecule has 1 aliphatic rings. The van der Waals surface area contributed by atoms with E-state index in [1.54, 1.807) is 12.1 Å². The van der Waals surface area contributed by atoms with Gasteiger partial charge in [0, 0.05) is 0 Å². The molecule has 1 saturated heterocycles. The molecule has 0 bridgehead atoms. The summed E-state index contributed by atoms with van der Waals surface area (Å²) in [6, 6.07) is 3.32. The number of carbonyl (C=O) groups excluding carboxylic acids is 2. The van der Waals surface area contributed by atoms with E-state index in [-0.39, 0.29) is 4.91 Å². The fourth-order valence-electron chi connectivity index (χ4n) is 1.96. The summed E-state index contributed by atoms with van der Waals surface area (Å²) >= 11 is 0.764. The number of rotatable bonds is 5. The summed E-state index contributed by atoms with van der Waals surface area (Å²) in [6.07, 6.45) is 1.53. The lowest BCUT2D eigenvalue weighted by Gasteiger charge is -2.13. The molecule has 0 unspecified atom stereocenters. The van der Waals surface area contributed by atoms with Crippen molar-refractivity contribution in [2.75, 3.05) is 28.1 Å². The number of nitrogens with zero attached hydrogens (tertiary/aromatic N) is 1. The van der Waals surface area contributed by atoms with Crippen LogP contribution in [0.5, 0.6) is 17.2 Å². The number of carbonyl (C=O) groups is 2. The smallest absolute Gasteiger partial charge is 0.295 e. The van der Waals surface area contributed by atoms with Crippen LogP contribution in [0, 0.1) is 0 Å². The van der Waals surface area contributed by atoms with Crippen molar-refractivity contribution in [3.8, 4) is 17.2 Å². The summed E-state index contributed by atoms with van der Waals surface area (Å²) in [5.41, 5.74) is 0.609. The molecule has 2 rings (SSSR count). The number of aliphatic hydroxyl groups excluding tert-OH is 1. The zero-order chi connectivity index (χ0) is 16.3. The number of imide groups is 1. The lowest BCUT2D eigenvalue weighted by molar-refractivity contribution is -0.125. The second-order valence-corrected chi connectivity index (χ2v) is 5.20. The van der Waals surface area contributed by atoms with Crippen molar-refractivity contribution in [3.05, 3.63) is 22.6 Å². The van der Waals surface area contributed by atoms with Gasteiger partial charge in [0.15, 0.2) is 11.5 Å². The highest BCUT2D eigenvalue weighted by molar-refractivity contribution is 8.18. The average molecular weight is 325 g/mol. The van der Waals surface area contributed by atoms with Gasteiger partial charge in [-0.1, -0.05) is 0 Å². The Morgan fingerprint density at radius 2 is 1.73 bits per heavy atom. The van der Waals surface area contributed by atoms with Gasteiger partial charge in [-0.25, -0.2) is 4.90 Å². The van der Waals surface area contributed by atoms with Crippen LogP contribution in [0.4, 0.5) is 4.79 Å². The van der Waals surface area contributed by atoms with Crippen LogP contribution in [0.1, 0.15) is 5.56 Å². The van der Waals surface area contributed by atoms with E-state index in [4.69, 9.17) is 19.3 Å². The molecule has 8 heteroatoms. The van der Waals surface area contributed by atoms with Gasteiger partial charge in [0.25, 0.3) is 11.1 Å². The third-order valence-electron chi connectivity index (χ3n) is 3.00. The van der Waals surface area contributed by atoms with E-state index in [1.165, 1.54) is 27.4 Å². The van der Waals surface area contributed by atoms with Gasteiger partial charge in [0.05, 0.1) is 26.2 Å². The molecular weight excluding hydrogens is 310 g/mol. The van der Waals surface area contributed by atoms with Crippen molar-refractivity contribution in [2.24, 2.45) is 0 Å². The lowest BCUT2D eigenvalue weighted by Crippen LogP contribution is -2.28. The van der Waals surface area contributed by atoms with Gasteiger partial charge in [0.1, 0.15) is 6.73 Å². The third-order valence-corrected chi connectivity index (χ3v) is 3.91. The van der Waals surface area contributed by atoms with Crippen molar-refractivity contribution in [3.63, 3.8) is 0 Å². The van der Waals surface area contributed by atoms with Crippen LogP contribution in [0.3, 0.4) is 0 Å². The van der Waals surface area contributed by atoms with Gasteiger partial charge in [0.2, 0.25) is 5.75 Å². The standard InChI is InChI=1S/C14H15NO6S/c1-19-9-4-8(5-10(20-2)12(9)21-3)6-11-13(17)15(7-16)14(18)22-11/h4-6,16H,7H2,1-3H3. The van der Waals surface area contributed by atoms with Crippen molar-refractivity contribution < 1.29 is 28.9 Å². The van der Waals surface area contributed by atoms with Gasteiger partial charge in [-0.15, -0.1) is 0 Å². The summed E-state index contributed by atoms with van der Waals surface area (Å²) < 4.78 is 15.7. The number of ether oxygens (including phenoxy) is 3. The molecule has 0 saturated carbocycles. The van der Waals surface area contributed by atoms with E-state index < -0.39 is 17.9 Å². The molecule has 1 aromatic carbocycles. The number of amides is 2. The Hall–Kier alpha value is -2.19. The van der Waals surface area contributed by atoms with Gasteiger partial charge in [-0.2, -0.15) is 0 Å². The minimum absolute atomic E-state index is 0.216. The topological polar surface area (TPSA) is 85.3 Å². The normalized spacial score (nSPS) is 16.4. The van der Waals surface area contributed by atoms with Crippen LogP contribution in [0.25, 0.3) is 6.08 Å². The summed E-state index contributed by atoms with van der Waals surface area (Å²) in [5, 5.41) is 8.50. The summed E-state index contributed by atoms with van der Waals surface area (Å²) in [5.74, 6) is 0.779. The highest BCUT2D eigenvalue weighted by Crippen LogP contribution is 2.40. The molecule has 0 atom stereocenters. The van der Waals surface area contributed by atoms with Crippen LogP contribution in [-0.2, 0) is 4.79 Å². The van der Waals surface area contributed by atoms with Gasteiger partial charge in [-0.05, 0) is 35.5 Å². The number of aliphatic hydroxyl groups is 1. The quantitative estimate of drug-likeness (QED) is 0.825. The number of benzene rings is 1. The molecule has 0 radical (unpaired) electrons. The molecule has 0 spiro atoms. The predicted octanol–water partition coefficient (Wildman–Crippen LogP) is 1.70. The van der Waals surface area contributed by atoms with Crippen LogP contribution in [-0.4, -0.2) is 49.2 Å². The molecule has 0 aromatic heterocycles. The second-order valence-electron chi connectivity index (χ2n) is 4.21. The molecule has 1 N–H and O–H groups in total. The Labute approximate surface area is 131 Å². The predicted molar refractivity (Wildman–Crippen MR) is 81.0 cm³/mol. The Morgan fingerprint density at radius 3 is 2.14 bits per heavy atom. The number of thioether (sulfide) groups is 1. The molecule has 7 nitrogen and oxygen atoms in total. The molecule has 1 aliphatic heterocycles. The molecule has 2 amide bonds. The maximum Gasteiger partial charge on any atom is 0.295 e. The Morgan fingerprint density at radius 1 is 1.14 bits per heavy atom. The highest BCUT2D eigenvalue weighted by Gasteiger charge is 2.34. The lowest BCUT2D eigenvalue weighted by atomic mass is 10.1. The Kier molecular flexibility index (Phi) is 4.94. The molecule has 118 valence electrons. The molecule has 1 aromatic rings. The van der Waals surface area contributed by atoms with E-state index in [0.717, 1.165) is 16.7 Å². The van der Waals surface area contributed by atoms with Crippen molar-refractivity contribution >= 4 is 29.0 Å². The van der Waals surface area contributed by atoms with Crippen LogP contribution in [0.2, 0.25) is 0 Å². The van der Waals surface area contributed by atoms with Crippen molar-refractivity contribution in [1.82, 2.24) is 4.90 Å². The SMILES string of the molecule is COc1cc(C=C2SC(=O)N(CO)C2=O)cc(OC)c1OC. The molecule has 0 aliphatic carbocycles. The molecule has 1 fully saturated rings. The zero-order valence-electron chi connectivity index (χ0n) is 12.3. The van der Waals surface area contributed by atoms with E-state index >= 15 is 0 Å². The molecular formula is C14H15NO6S. The maximum atomic E-state index is 12.0. The van der Waals surface area contributed by atoms with E-state index in [9.17, 15) is 9.59 Å². The van der Waals surface area contributed by atoms with Crippen molar-refractivity contribution in [2.45, 2.75) is 0 Å². The monoisotopic (exact) mass is 325 g/mol. The fraction of sp³-hybridized carbons (Fsp3) is 0.286. The fourth-order valence-corrected chi connectivity index (χ4v) is 2.79. The largest absolute Gasteiger partial charge is 0.493 e. The molecule has 1 heterocycles. The minimum atomic E-state index is -0.642. The van der Waals surface area contributed by atoms with Gasteiger partial charge in [-0.3, -0.25) is 9.59 Å². The summed E-state index contributed by atoms with van der Waals surface area (Å²) in [6.45, 7) is -0.642. The Bertz CT molecular complexity index is 617. The first-order valence-electron chi connectivity index (χ1n) is 6.22. The maximum absolute atomic E-state index is 12.0. The zero-order valence-corrected chi connectivity index (χ0v) is 13.1. The van der Waals surface area contributed by atoms with E-state index in [0.29, 0.717) is 22.8 Å². The summed E-state index contributed by atoms with van der Waals surface area (Å²) in [4.78, 5) is 24.5. The summed E-state index contributed by atoms with van der Waals surface area (Å²) in [7, 11) is 4.47. The van der Waals surface area contributed by atoms with Crippen molar-refractivity contribution in [1.29, 1.82) is 0 Å². The number of methoxy groups -OCH3 is 3. The Balaban J connectivity index is 2.44. The third kappa shape index (κ3) is 2.88. The van der Waals surface area contributed by atoms with E-state index in [2.05, 4.69) is 0 Å². The van der Waals surface area contributed by atoms with Crippen LogP contribution < -0.4 is 14.2 Å². The second kappa shape index (κ2) is 6.71. The average Bonchev–Trinajstić information content (AvgIpc) is 2.79. The van der Waals surface area contributed by atoms with Gasteiger partial charge >= 0.3 is 0 Å². The molecule has 22 heavy (non-hydrogen) atoms. The van der Waals surface area contributed by atoms with Gasteiger partial charge < -0.3 is 19.3 Å².